The van der Waals surface area contributed by atoms with Crippen molar-refractivity contribution in [1.82, 2.24) is 10.6 Å². The number of amides is 2. The molecule has 0 bridgehead atoms. The van der Waals surface area contributed by atoms with Crippen molar-refractivity contribution < 1.29 is 14.7 Å². The molecule has 0 aromatic heterocycles. The highest BCUT2D eigenvalue weighted by Crippen LogP contribution is 2.38. The molecule has 0 spiro atoms. The van der Waals surface area contributed by atoms with E-state index < -0.39 is 5.97 Å². The third-order valence-electron chi connectivity index (χ3n) is 4.71. The third-order valence-corrected chi connectivity index (χ3v) is 4.71. The molecule has 0 saturated heterocycles. The predicted molar refractivity (Wildman–Crippen MR) is 83.2 cm³/mol. The second-order valence-electron chi connectivity index (χ2n) is 7.55. The molecule has 2 amide bonds. The van der Waals surface area contributed by atoms with E-state index in [1.165, 1.54) is 0 Å². The van der Waals surface area contributed by atoms with Crippen LogP contribution in [0.2, 0.25) is 0 Å². The fourth-order valence-electron chi connectivity index (χ4n) is 2.77. The summed E-state index contributed by atoms with van der Waals surface area (Å²) in [6.45, 7) is 8.65. The summed E-state index contributed by atoms with van der Waals surface area (Å²) < 4.78 is 0. The summed E-state index contributed by atoms with van der Waals surface area (Å²) >= 11 is 0. The van der Waals surface area contributed by atoms with Gasteiger partial charge in [-0.25, -0.2) is 4.79 Å². The molecule has 0 aromatic rings. The summed E-state index contributed by atoms with van der Waals surface area (Å²) in [5, 5.41) is 14.9. The van der Waals surface area contributed by atoms with Gasteiger partial charge in [0, 0.05) is 12.6 Å². The van der Waals surface area contributed by atoms with Gasteiger partial charge in [0.15, 0.2) is 0 Å². The van der Waals surface area contributed by atoms with Gasteiger partial charge in [-0.1, -0.05) is 40.0 Å². The number of carboxylic acids is 1. The van der Waals surface area contributed by atoms with Gasteiger partial charge < -0.3 is 15.7 Å². The molecule has 0 aliphatic heterocycles. The van der Waals surface area contributed by atoms with E-state index in [0.29, 0.717) is 6.54 Å². The van der Waals surface area contributed by atoms with Gasteiger partial charge in [-0.15, -0.1) is 0 Å². The molecule has 5 heteroatoms. The standard InChI is InChI=1S/C16H30N2O3/c1-12(15(2,3)4)18-14(21)17-11-16(10-13(19)20)8-6-5-7-9-16/h12H,5-11H2,1-4H3,(H,19,20)(H2,17,18,21). The lowest BCUT2D eigenvalue weighted by molar-refractivity contribution is -0.140. The van der Waals surface area contributed by atoms with E-state index in [1.807, 2.05) is 6.92 Å². The van der Waals surface area contributed by atoms with Crippen LogP contribution >= 0.6 is 0 Å². The molecule has 122 valence electrons. The number of urea groups is 1. The summed E-state index contributed by atoms with van der Waals surface area (Å²) in [6.07, 6.45) is 5.17. The Morgan fingerprint density at radius 1 is 1.19 bits per heavy atom. The first kappa shape index (κ1) is 17.8. The maximum absolute atomic E-state index is 12.0. The van der Waals surface area contributed by atoms with Gasteiger partial charge in [-0.3, -0.25) is 4.79 Å². The van der Waals surface area contributed by atoms with E-state index in [9.17, 15) is 9.59 Å². The van der Waals surface area contributed by atoms with Crippen LogP contribution in [0.25, 0.3) is 0 Å². The van der Waals surface area contributed by atoms with Crippen LogP contribution in [-0.4, -0.2) is 29.7 Å². The molecule has 0 heterocycles. The Kier molecular flexibility index (Phi) is 6.05. The second kappa shape index (κ2) is 7.14. The summed E-state index contributed by atoms with van der Waals surface area (Å²) in [7, 11) is 0. The molecule has 1 aliphatic carbocycles. The average molecular weight is 298 g/mol. The molecule has 1 aliphatic rings. The smallest absolute Gasteiger partial charge is 0.315 e. The molecule has 3 N–H and O–H groups in total. The molecule has 1 fully saturated rings. The van der Waals surface area contributed by atoms with E-state index in [-0.39, 0.29) is 29.3 Å². The topological polar surface area (TPSA) is 78.4 Å². The minimum Gasteiger partial charge on any atom is -0.481 e. The molecular formula is C16H30N2O3. The second-order valence-corrected chi connectivity index (χ2v) is 7.55. The highest BCUT2D eigenvalue weighted by atomic mass is 16.4. The molecule has 1 rings (SSSR count). The Labute approximate surface area is 127 Å². The maximum atomic E-state index is 12.0. The van der Waals surface area contributed by atoms with E-state index in [0.717, 1.165) is 32.1 Å². The van der Waals surface area contributed by atoms with Crippen LogP contribution in [0.4, 0.5) is 4.79 Å². The lowest BCUT2D eigenvalue weighted by Gasteiger charge is -2.36. The zero-order chi connectivity index (χ0) is 16.1. The number of carbonyl (C=O) groups excluding carboxylic acids is 1. The Hall–Kier alpha value is -1.26. The molecule has 1 atom stereocenters. The highest BCUT2D eigenvalue weighted by Gasteiger charge is 2.35. The summed E-state index contributed by atoms with van der Waals surface area (Å²) in [4.78, 5) is 23.1. The fraction of sp³-hybridized carbons (Fsp3) is 0.875. The Morgan fingerprint density at radius 3 is 2.24 bits per heavy atom. The van der Waals surface area contributed by atoms with Crippen molar-refractivity contribution in [3.63, 3.8) is 0 Å². The number of aliphatic carboxylic acids is 1. The number of rotatable bonds is 5. The fourth-order valence-corrected chi connectivity index (χ4v) is 2.77. The Bertz CT molecular complexity index is 368. The van der Waals surface area contributed by atoms with Gasteiger partial charge in [0.05, 0.1) is 6.42 Å². The lowest BCUT2D eigenvalue weighted by Crippen LogP contribution is -2.49. The molecular weight excluding hydrogens is 268 g/mol. The van der Waals surface area contributed by atoms with E-state index >= 15 is 0 Å². The first-order chi connectivity index (χ1) is 9.65. The average Bonchev–Trinajstić information content (AvgIpc) is 2.35. The van der Waals surface area contributed by atoms with Gasteiger partial charge >= 0.3 is 12.0 Å². The summed E-state index contributed by atoms with van der Waals surface area (Å²) in [5.74, 6) is -0.776. The zero-order valence-electron chi connectivity index (χ0n) is 13.8. The van der Waals surface area contributed by atoms with Gasteiger partial charge in [0.25, 0.3) is 0 Å². The van der Waals surface area contributed by atoms with E-state index in [4.69, 9.17) is 5.11 Å². The Balaban J connectivity index is 2.53. The quantitative estimate of drug-likeness (QED) is 0.729. The molecule has 5 nitrogen and oxygen atoms in total. The molecule has 0 radical (unpaired) electrons. The lowest BCUT2D eigenvalue weighted by atomic mass is 9.72. The van der Waals surface area contributed by atoms with Gasteiger partial charge in [-0.2, -0.15) is 0 Å². The first-order valence-corrected chi connectivity index (χ1v) is 7.91. The summed E-state index contributed by atoms with van der Waals surface area (Å²) in [6, 6.07) is -0.146. The van der Waals surface area contributed by atoms with Crippen LogP contribution in [-0.2, 0) is 4.79 Å². The van der Waals surface area contributed by atoms with Crippen molar-refractivity contribution in [2.75, 3.05) is 6.54 Å². The van der Waals surface area contributed by atoms with E-state index in [1.54, 1.807) is 0 Å². The third kappa shape index (κ3) is 5.94. The maximum Gasteiger partial charge on any atom is 0.315 e. The number of carbonyl (C=O) groups is 2. The van der Waals surface area contributed by atoms with Gasteiger partial charge in [0.2, 0.25) is 0 Å². The van der Waals surface area contributed by atoms with Crippen molar-refractivity contribution in [2.45, 2.75) is 72.3 Å². The van der Waals surface area contributed by atoms with Crippen molar-refractivity contribution in [3.8, 4) is 0 Å². The number of nitrogens with one attached hydrogen (secondary N) is 2. The molecule has 0 aromatic carbocycles. The van der Waals surface area contributed by atoms with Crippen LogP contribution in [0.3, 0.4) is 0 Å². The van der Waals surface area contributed by atoms with Crippen molar-refractivity contribution in [3.05, 3.63) is 0 Å². The van der Waals surface area contributed by atoms with Crippen LogP contribution in [0.15, 0.2) is 0 Å². The van der Waals surface area contributed by atoms with Crippen LogP contribution in [0.1, 0.15) is 66.2 Å². The molecule has 21 heavy (non-hydrogen) atoms. The predicted octanol–water partition coefficient (Wildman–Crippen LogP) is 3.15. The van der Waals surface area contributed by atoms with Gasteiger partial charge in [0.1, 0.15) is 0 Å². The molecule has 1 saturated carbocycles. The number of hydrogen-bond donors (Lipinski definition) is 3. The van der Waals surface area contributed by atoms with Crippen LogP contribution in [0, 0.1) is 10.8 Å². The number of carboxylic acid groups (broad SMARTS) is 1. The minimum absolute atomic E-state index is 0.000923. The zero-order valence-corrected chi connectivity index (χ0v) is 13.8. The van der Waals surface area contributed by atoms with E-state index in [2.05, 4.69) is 31.4 Å². The SMILES string of the molecule is CC(NC(=O)NCC1(CC(=O)O)CCCCC1)C(C)(C)C. The normalized spacial score (nSPS) is 19.6. The van der Waals surface area contributed by atoms with Crippen molar-refractivity contribution in [2.24, 2.45) is 10.8 Å². The minimum atomic E-state index is -0.776. The largest absolute Gasteiger partial charge is 0.481 e. The van der Waals surface area contributed by atoms with Crippen molar-refractivity contribution >= 4 is 12.0 Å². The van der Waals surface area contributed by atoms with Crippen LogP contribution in [0.5, 0.6) is 0 Å². The van der Waals surface area contributed by atoms with Crippen molar-refractivity contribution in [1.29, 1.82) is 0 Å². The Morgan fingerprint density at radius 2 is 1.76 bits per heavy atom. The monoisotopic (exact) mass is 298 g/mol. The van der Waals surface area contributed by atoms with Crippen LogP contribution < -0.4 is 10.6 Å². The number of hydrogen-bond acceptors (Lipinski definition) is 2. The first-order valence-electron chi connectivity index (χ1n) is 7.91. The summed E-state index contributed by atoms with van der Waals surface area (Å²) in [5.41, 5.74) is -0.271. The molecule has 1 unspecified atom stereocenters. The van der Waals surface area contributed by atoms with Gasteiger partial charge in [-0.05, 0) is 30.6 Å². The highest BCUT2D eigenvalue weighted by molar-refractivity contribution is 5.74.